The molecule has 76 heavy (non-hydrogen) atoms. The summed E-state index contributed by atoms with van der Waals surface area (Å²) in [6, 6.07) is 83.9. The number of rotatable bonds is 6. The van der Waals surface area contributed by atoms with E-state index in [9.17, 15) is 0 Å². The van der Waals surface area contributed by atoms with E-state index in [1.54, 1.807) is 0 Å². The molecule has 0 N–H and O–H groups in total. The molecule has 4 aliphatic rings. The Labute approximate surface area is 447 Å². The van der Waals surface area contributed by atoms with Crippen molar-refractivity contribution >= 4 is 44.3 Å². The van der Waals surface area contributed by atoms with Gasteiger partial charge in [0.15, 0.2) is 0 Å². The predicted molar refractivity (Wildman–Crippen MR) is 322 cm³/mol. The summed E-state index contributed by atoms with van der Waals surface area (Å²) in [4.78, 5) is 5.13. The summed E-state index contributed by atoms with van der Waals surface area (Å²) in [5.74, 6) is 0. The van der Waals surface area contributed by atoms with Crippen molar-refractivity contribution in [1.82, 2.24) is 0 Å². The highest BCUT2D eigenvalue weighted by molar-refractivity contribution is 6.23. The van der Waals surface area contributed by atoms with Gasteiger partial charge in [-0.3, -0.25) is 0 Å². The van der Waals surface area contributed by atoms with Gasteiger partial charge in [0.05, 0.1) is 0 Å². The fourth-order valence-corrected chi connectivity index (χ4v) is 14.2. The second-order valence-corrected chi connectivity index (χ2v) is 23.0. The summed E-state index contributed by atoms with van der Waals surface area (Å²) in [5.41, 5.74) is 28.7. The Morgan fingerprint density at radius 3 is 1.17 bits per heavy atom. The number of fused-ring (bicyclic) bond motifs is 10. The van der Waals surface area contributed by atoms with Crippen LogP contribution in [0.4, 0.5) is 22.7 Å². The SMILES string of the molecule is CC1(C)c2ccccc2-c2ccc(-c3cccc(-c4c5ccc(N6CCCc7ccccc76)cc5c(-c5cccc(-c6ccc7c(c6)C(C)(C)c6ccccc6-7)c5)c5ccc(N6CCCc7ccccc76)cc45)c3)cc21. The largest absolute Gasteiger partial charge is 0.341 e. The highest BCUT2D eigenvalue weighted by Crippen LogP contribution is 2.53. The summed E-state index contributed by atoms with van der Waals surface area (Å²) in [6.07, 6.45) is 4.45. The van der Waals surface area contributed by atoms with Crippen LogP contribution >= 0.6 is 0 Å². The van der Waals surface area contributed by atoms with Crippen LogP contribution in [0.25, 0.3) is 88.3 Å². The molecule has 0 atom stereocenters. The van der Waals surface area contributed by atoms with E-state index in [1.807, 2.05) is 0 Å². The van der Waals surface area contributed by atoms with Crippen LogP contribution in [-0.2, 0) is 23.7 Å². The fourth-order valence-electron chi connectivity index (χ4n) is 14.2. The van der Waals surface area contributed by atoms with Crippen LogP contribution in [0.3, 0.4) is 0 Å². The highest BCUT2D eigenvalue weighted by atomic mass is 15.1. The zero-order valence-corrected chi connectivity index (χ0v) is 43.9. The van der Waals surface area contributed by atoms with Crippen molar-refractivity contribution in [2.45, 2.75) is 64.2 Å². The van der Waals surface area contributed by atoms with Gasteiger partial charge in [-0.15, -0.1) is 0 Å². The average Bonchev–Trinajstić information content (AvgIpc) is 3.85. The molecule has 0 fully saturated rings. The maximum absolute atomic E-state index is 2.57. The molecule has 2 heteroatoms. The lowest BCUT2D eigenvalue weighted by Gasteiger charge is -2.32. The lowest BCUT2D eigenvalue weighted by Crippen LogP contribution is -2.24. The van der Waals surface area contributed by atoms with E-state index in [-0.39, 0.29) is 10.8 Å². The van der Waals surface area contributed by atoms with Gasteiger partial charge in [0.2, 0.25) is 0 Å². The number of hydrogen-bond donors (Lipinski definition) is 0. The molecule has 366 valence electrons. The normalized spacial score (nSPS) is 15.5. The quantitative estimate of drug-likeness (QED) is 0.153. The number of anilines is 4. The first kappa shape index (κ1) is 45.0. The van der Waals surface area contributed by atoms with Crippen molar-refractivity contribution < 1.29 is 0 Å². The van der Waals surface area contributed by atoms with Crippen molar-refractivity contribution in [3.8, 4) is 66.8 Å². The van der Waals surface area contributed by atoms with Gasteiger partial charge in [-0.25, -0.2) is 0 Å². The van der Waals surface area contributed by atoms with Crippen molar-refractivity contribution in [3.63, 3.8) is 0 Å². The number of benzene rings is 11. The van der Waals surface area contributed by atoms with Gasteiger partial charge in [0.25, 0.3) is 0 Å². The molecule has 2 heterocycles. The molecule has 0 unspecified atom stereocenters. The third kappa shape index (κ3) is 6.86. The molecule has 2 aliphatic carbocycles. The lowest BCUT2D eigenvalue weighted by atomic mass is 9.81. The summed E-state index contributed by atoms with van der Waals surface area (Å²) in [5, 5.41) is 5.06. The van der Waals surface area contributed by atoms with Gasteiger partial charge in [0.1, 0.15) is 0 Å². The number of nitrogens with zero attached hydrogens (tertiary/aromatic N) is 2. The van der Waals surface area contributed by atoms with Crippen LogP contribution in [0, 0.1) is 0 Å². The van der Waals surface area contributed by atoms with E-state index in [0.717, 1.165) is 38.8 Å². The Balaban J connectivity index is 0.969. The van der Waals surface area contributed by atoms with E-state index < -0.39 is 0 Å². The third-order valence-electron chi connectivity index (χ3n) is 18.1. The first-order valence-corrected chi connectivity index (χ1v) is 27.6. The zero-order chi connectivity index (χ0) is 50.9. The van der Waals surface area contributed by atoms with Gasteiger partial charge in [-0.2, -0.15) is 0 Å². The molecular formula is C74H60N2. The van der Waals surface area contributed by atoms with E-state index >= 15 is 0 Å². The summed E-state index contributed by atoms with van der Waals surface area (Å²) >= 11 is 0. The first-order valence-electron chi connectivity index (χ1n) is 27.6. The molecule has 11 aromatic carbocycles. The first-order chi connectivity index (χ1) is 37.2. The maximum atomic E-state index is 2.57. The summed E-state index contributed by atoms with van der Waals surface area (Å²) in [6.45, 7) is 11.5. The van der Waals surface area contributed by atoms with Crippen molar-refractivity contribution in [2.75, 3.05) is 22.9 Å². The second-order valence-electron chi connectivity index (χ2n) is 23.0. The molecule has 0 saturated heterocycles. The van der Waals surface area contributed by atoms with Gasteiger partial charge in [-0.1, -0.05) is 185 Å². The molecule has 0 saturated carbocycles. The minimum Gasteiger partial charge on any atom is -0.341 e. The molecular weight excluding hydrogens is 917 g/mol. The molecule has 0 spiro atoms. The number of para-hydroxylation sites is 2. The standard InChI is InChI=1S/C74H60N2/c1-73(2)65-27-9-7-25-57(65)59-35-31-51(43-67(59)73)49-19-13-21-53(41-49)71-61-37-33-56(76-40-16-24-48-18-6-12-30-70(48)76)46-64(61)72(62-38-34-55(45-63(62)71)75-39-15-23-47-17-5-11-29-69(47)75)54-22-14-20-50(42-54)52-32-36-60-58-26-8-10-28-66(58)74(3,4)68(60)44-52/h5-14,17-22,25-38,41-46H,15-16,23-24,39-40H2,1-4H3. The Hall–Kier alpha value is -8.46. The Kier molecular flexibility index (Phi) is 10.1. The Bertz CT molecular complexity index is 3930. The van der Waals surface area contributed by atoms with Gasteiger partial charge in [-0.05, 0) is 208 Å². The number of aryl methyl sites for hydroxylation is 2. The van der Waals surface area contributed by atoms with Gasteiger partial charge < -0.3 is 9.80 Å². The maximum Gasteiger partial charge on any atom is 0.0443 e. The van der Waals surface area contributed by atoms with E-state index in [0.29, 0.717) is 0 Å². The molecule has 2 aliphatic heterocycles. The molecule has 0 radical (unpaired) electrons. The van der Waals surface area contributed by atoms with E-state index in [2.05, 4.69) is 256 Å². The number of hydrogen-bond acceptors (Lipinski definition) is 2. The van der Waals surface area contributed by atoms with Crippen LogP contribution < -0.4 is 9.80 Å². The molecule has 15 rings (SSSR count). The van der Waals surface area contributed by atoms with E-state index in [1.165, 1.54) is 144 Å². The molecule has 2 nitrogen and oxygen atoms in total. The second kappa shape index (κ2) is 17.0. The predicted octanol–water partition coefficient (Wildman–Crippen LogP) is 19.4. The van der Waals surface area contributed by atoms with Crippen molar-refractivity contribution in [3.05, 3.63) is 252 Å². The van der Waals surface area contributed by atoms with Crippen LogP contribution in [0.1, 0.15) is 73.9 Å². The summed E-state index contributed by atoms with van der Waals surface area (Å²) in [7, 11) is 0. The van der Waals surface area contributed by atoms with Crippen LogP contribution in [0.5, 0.6) is 0 Å². The van der Waals surface area contributed by atoms with Crippen LogP contribution in [0.2, 0.25) is 0 Å². The minimum atomic E-state index is -0.0852. The average molecular weight is 977 g/mol. The molecule has 11 aromatic rings. The topological polar surface area (TPSA) is 6.48 Å². The lowest BCUT2D eigenvalue weighted by molar-refractivity contribution is 0.660. The highest BCUT2D eigenvalue weighted by Gasteiger charge is 2.37. The van der Waals surface area contributed by atoms with Crippen LogP contribution in [-0.4, -0.2) is 13.1 Å². The van der Waals surface area contributed by atoms with Gasteiger partial charge in [0, 0.05) is 46.7 Å². The zero-order valence-electron chi connectivity index (χ0n) is 43.9. The third-order valence-corrected chi connectivity index (χ3v) is 18.1. The Morgan fingerprint density at radius 2 is 0.697 bits per heavy atom. The Morgan fingerprint density at radius 1 is 0.303 bits per heavy atom. The monoisotopic (exact) mass is 976 g/mol. The fraction of sp³-hybridized carbons (Fsp3) is 0.162. The van der Waals surface area contributed by atoms with Crippen molar-refractivity contribution in [2.24, 2.45) is 0 Å². The minimum absolute atomic E-state index is 0.0852. The van der Waals surface area contributed by atoms with Gasteiger partial charge >= 0.3 is 0 Å². The summed E-state index contributed by atoms with van der Waals surface area (Å²) < 4.78 is 0. The van der Waals surface area contributed by atoms with Crippen molar-refractivity contribution in [1.29, 1.82) is 0 Å². The molecule has 0 amide bonds. The molecule has 0 aromatic heterocycles. The molecule has 0 bridgehead atoms. The smallest absolute Gasteiger partial charge is 0.0443 e. The van der Waals surface area contributed by atoms with E-state index in [4.69, 9.17) is 0 Å². The van der Waals surface area contributed by atoms with Crippen LogP contribution in [0.15, 0.2) is 218 Å².